The summed E-state index contributed by atoms with van der Waals surface area (Å²) in [6.07, 6.45) is -0.240. The van der Waals surface area contributed by atoms with Gasteiger partial charge >= 0.3 is 5.97 Å². The standard InChI is InChI=1S/C12H12N2O4S/c15-9(16)6-7-14-11(17)10(19-12(14)18)13-8-4-2-1-3-5-8/h1-5,10,13H,6-7H2,(H,15,16). The third-order valence-electron chi connectivity index (χ3n) is 2.55. The normalized spacial score (nSPS) is 18.7. The van der Waals surface area contributed by atoms with Crippen molar-refractivity contribution < 1.29 is 19.5 Å². The smallest absolute Gasteiger partial charge is 0.305 e. The van der Waals surface area contributed by atoms with E-state index in [1.807, 2.05) is 18.2 Å². The zero-order valence-electron chi connectivity index (χ0n) is 9.91. The molecule has 1 atom stereocenters. The number of para-hydroxylation sites is 1. The van der Waals surface area contributed by atoms with Gasteiger partial charge < -0.3 is 10.4 Å². The van der Waals surface area contributed by atoms with E-state index in [1.165, 1.54) is 0 Å². The van der Waals surface area contributed by atoms with Crippen molar-refractivity contribution in [2.75, 3.05) is 11.9 Å². The van der Waals surface area contributed by atoms with E-state index in [1.54, 1.807) is 12.1 Å². The highest BCUT2D eigenvalue weighted by Crippen LogP contribution is 2.28. The molecule has 1 aliphatic heterocycles. The molecule has 1 aliphatic rings. The number of carboxylic acid groups (broad SMARTS) is 1. The van der Waals surface area contributed by atoms with Crippen molar-refractivity contribution in [3.05, 3.63) is 30.3 Å². The van der Waals surface area contributed by atoms with Gasteiger partial charge in [-0.2, -0.15) is 0 Å². The second-order valence-electron chi connectivity index (χ2n) is 3.91. The SMILES string of the molecule is O=C(O)CCN1C(=O)SC(Nc2ccccc2)C1=O. The van der Waals surface area contributed by atoms with Gasteiger partial charge in [-0.15, -0.1) is 0 Å². The summed E-state index contributed by atoms with van der Waals surface area (Å²) in [5, 5.41) is 10.4. The molecule has 1 fully saturated rings. The van der Waals surface area contributed by atoms with E-state index in [-0.39, 0.29) is 13.0 Å². The van der Waals surface area contributed by atoms with Gasteiger partial charge in [0.25, 0.3) is 11.1 Å². The van der Waals surface area contributed by atoms with E-state index in [0.29, 0.717) is 0 Å². The van der Waals surface area contributed by atoms with E-state index in [9.17, 15) is 14.4 Å². The zero-order valence-corrected chi connectivity index (χ0v) is 10.7. The Balaban J connectivity index is 1.99. The minimum atomic E-state index is -1.04. The Labute approximate surface area is 113 Å². The number of hydrogen-bond donors (Lipinski definition) is 2. The van der Waals surface area contributed by atoms with Crippen molar-refractivity contribution in [2.45, 2.75) is 11.8 Å². The van der Waals surface area contributed by atoms with Gasteiger partial charge in [-0.05, 0) is 23.9 Å². The number of benzene rings is 1. The van der Waals surface area contributed by atoms with Gasteiger partial charge in [0.15, 0.2) is 5.37 Å². The summed E-state index contributed by atoms with van der Waals surface area (Å²) in [6.45, 7) is -0.0903. The molecule has 0 saturated carbocycles. The van der Waals surface area contributed by atoms with Crippen LogP contribution in [0, 0.1) is 0 Å². The van der Waals surface area contributed by atoms with Crippen LogP contribution in [0.15, 0.2) is 30.3 Å². The molecule has 1 aromatic carbocycles. The number of anilines is 1. The molecule has 1 heterocycles. The number of nitrogens with one attached hydrogen (secondary N) is 1. The molecule has 2 rings (SSSR count). The number of nitrogens with zero attached hydrogens (tertiary/aromatic N) is 1. The van der Waals surface area contributed by atoms with Crippen molar-refractivity contribution in [2.24, 2.45) is 0 Å². The lowest BCUT2D eigenvalue weighted by Gasteiger charge is -2.13. The van der Waals surface area contributed by atoms with Crippen LogP contribution in [0.5, 0.6) is 0 Å². The van der Waals surface area contributed by atoms with Crippen LogP contribution in [0.1, 0.15) is 6.42 Å². The molecular formula is C12H12N2O4S. The number of carbonyl (C=O) groups is 3. The van der Waals surface area contributed by atoms with Gasteiger partial charge in [-0.1, -0.05) is 18.2 Å². The third-order valence-corrected chi connectivity index (χ3v) is 3.53. The van der Waals surface area contributed by atoms with E-state index in [2.05, 4.69) is 5.32 Å². The van der Waals surface area contributed by atoms with Crippen LogP contribution in [0.25, 0.3) is 0 Å². The first kappa shape index (κ1) is 13.4. The molecule has 6 nitrogen and oxygen atoms in total. The lowest BCUT2D eigenvalue weighted by atomic mass is 10.3. The first-order valence-corrected chi connectivity index (χ1v) is 6.51. The lowest BCUT2D eigenvalue weighted by Crippen LogP contribution is -2.35. The number of hydrogen-bond acceptors (Lipinski definition) is 5. The van der Waals surface area contributed by atoms with Gasteiger partial charge in [0.1, 0.15) is 0 Å². The van der Waals surface area contributed by atoms with Crippen LogP contribution in [-0.2, 0) is 9.59 Å². The van der Waals surface area contributed by atoms with Crippen molar-refractivity contribution >= 4 is 34.6 Å². The lowest BCUT2D eigenvalue weighted by molar-refractivity contribution is -0.137. The average molecular weight is 280 g/mol. The molecule has 100 valence electrons. The largest absolute Gasteiger partial charge is 0.481 e. The summed E-state index contributed by atoms with van der Waals surface area (Å²) < 4.78 is 0. The van der Waals surface area contributed by atoms with E-state index in [4.69, 9.17) is 5.11 Å². The van der Waals surface area contributed by atoms with Crippen molar-refractivity contribution in [3.8, 4) is 0 Å². The predicted octanol–water partition coefficient (Wildman–Crippen LogP) is 1.59. The molecule has 0 spiro atoms. The minimum Gasteiger partial charge on any atom is -0.481 e. The molecule has 1 aromatic rings. The van der Waals surface area contributed by atoms with Crippen LogP contribution in [0.3, 0.4) is 0 Å². The fraction of sp³-hybridized carbons (Fsp3) is 0.250. The average Bonchev–Trinajstić information content (AvgIpc) is 2.63. The molecule has 7 heteroatoms. The second kappa shape index (κ2) is 5.75. The molecule has 0 radical (unpaired) electrons. The molecule has 0 aliphatic carbocycles. The highest BCUT2D eigenvalue weighted by Gasteiger charge is 2.39. The Kier molecular flexibility index (Phi) is 4.06. The van der Waals surface area contributed by atoms with Gasteiger partial charge in [0, 0.05) is 12.2 Å². The summed E-state index contributed by atoms with van der Waals surface area (Å²) in [7, 11) is 0. The number of imide groups is 1. The Hall–Kier alpha value is -2.02. The molecule has 0 aromatic heterocycles. The predicted molar refractivity (Wildman–Crippen MR) is 70.8 cm³/mol. The summed E-state index contributed by atoms with van der Waals surface area (Å²) >= 11 is 0.862. The van der Waals surface area contributed by atoms with Crippen LogP contribution in [0.2, 0.25) is 0 Å². The van der Waals surface area contributed by atoms with Gasteiger partial charge in [0.05, 0.1) is 6.42 Å². The minimum absolute atomic E-state index is 0.0903. The Morgan fingerprint density at radius 1 is 1.32 bits per heavy atom. The van der Waals surface area contributed by atoms with Crippen LogP contribution in [0.4, 0.5) is 10.5 Å². The van der Waals surface area contributed by atoms with E-state index < -0.39 is 22.5 Å². The number of amides is 2. The zero-order chi connectivity index (χ0) is 13.8. The third kappa shape index (κ3) is 3.25. The first-order valence-electron chi connectivity index (χ1n) is 5.63. The number of carbonyl (C=O) groups excluding carboxylic acids is 2. The first-order chi connectivity index (χ1) is 9.08. The van der Waals surface area contributed by atoms with Crippen molar-refractivity contribution in [3.63, 3.8) is 0 Å². The Morgan fingerprint density at radius 2 is 2.00 bits per heavy atom. The molecule has 2 amide bonds. The van der Waals surface area contributed by atoms with Crippen molar-refractivity contribution in [1.29, 1.82) is 0 Å². The maximum absolute atomic E-state index is 12.0. The molecular weight excluding hydrogens is 268 g/mol. The number of aliphatic carboxylic acids is 1. The van der Waals surface area contributed by atoms with Crippen LogP contribution in [-0.4, -0.2) is 39.0 Å². The molecule has 0 bridgehead atoms. The highest BCUT2D eigenvalue weighted by molar-refractivity contribution is 8.15. The molecule has 2 N–H and O–H groups in total. The second-order valence-corrected chi connectivity index (χ2v) is 4.96. The van der Waals surface area contributed by atoms with Gasteiger partial charge in [0.2, 0.25) is 0 Å². The maximum atomic E-state index is 12.0. The summed E-state index contributed by atoms with van der Waals surface area (Å²) in [4.78, 5) is 35.0. The molecule has 1 unspecified atom stereocenters. The monoisotopic (exact) mass is 280 g/mol. The van der Waals surface area contributed by atoms with E-state index >= 15 is 0 Å². The quantitative estimate of drug-likeness (QED) is 0.851. The number of thioether (sulfide) groups is 1. The molecule has 19 heavy (non-hydrogen) atoms. The highest BCUT2D eigenvalue weighted by atomic mass is 32.2. The van der Waals surface area contributed by atoms with Gasteiger partial charge in [-0.25, -0.2) is 0 Å². The molecule has 1 saturated heterocycles. The van der Waals surface area contributed by atoms with Crippen LogP contribution >= 0.6 is 11.8 Å². The fourth-order valence-electron chi connectivity index (χ4n) is 1.63. The number of rotatable bonds is 5. The Bertz CT molecular complexity index is 506. The summed E-state index contributed by atoms with van der Waals surface area (Å²) in [5.41, 5.74) is 0.737. The van der Waals surface area contributed by atoms with E-state index in [0.717, 1.165) is 22.3 Å². The summed E-state index contributed by atoms with van der Waals surface area (Å²) in [6, 6.07) is 9.06. The fourth-order valence-corrected chi connectivity index (χ4v) is 2.57. The summed E-state index contributed by atoms with van der Waals surface area (Å²) in [5.74, 6) is -1.44. The van der Waals surface area contributed by atoms with Crippen LogP contribution < -0.4 is 5.32 Å². The topological polar surface area (TPSA) is 86.7 Å². The van der Waals surface area contributed by atoms with Gasteiger partial charge in [-0.3, -0.25) is 19.3 Å². The number of carboxylic acids is 1. The Morgan fingerprint density at radius 3 is 2.63 bits per heavy atom. The van der Waals surface area contributed by atoms with Crippen molar-refractivity contribution in [1.82, 2.24) is 4.90 Å². The maximum Gasteiger partial charge on any atom is 0.305 e.